The van der Waals surface area contributed by atoms with Gasteiger partial charge in [0.05, 0.1) is 13.1 Å². The predicted octanol–water partition coefficient (Wildman–Crippen LogP) is 2.05. The molecule has 1 aliphatic rings. The van der Waals surface area contributed by atoms with E-state index in [0.717, 1.165) is 25.1 Å². The summed E-state index contributed by atoms with van der Waals surface area (Å²) in [6.07, 6.45) is 5.68. The molecule has 22 heavy (non-hydrogen) atoms. The minimum atomic E-state index is 0.443. The van der Waals surface area contributed by atoms with E-state index in [-0.39, 0.29) is 0 Å². The Bertz CT molecular complexity index is 708. The zero-order valence-electron chi connectivity index (χ0n) is 12.0. The summed E-state index contributed by atoms with van der Waals surface area (Å²) in [5.74, 6) is 1.34. The number of nitrogens with zero attached hydrogens (tertiary/aromatic N) is 6. The van der Waals surface area contributed by atoms with Gasteiger partial charge in [-0.1, -0.05) is 5.16 Å². The lowest BCUT2D eigenvalue weighted by molar-refractivity contribution is 0.192. The summed E-state index contributed by atoms with van der Waals surface area (Å²) in [6.45, 7) is 2.59. The van der Waals surface area contributed by atoms with Crippen LogP contribution in [-0.2, 0) is 13.1 Å². The second-order valence-corrected chi connectivity index (χ2v) is 6.19. The van der Waals surface area contributed by atoms with Crippen molar-refractivity contribution in [2.24, 2.45) is 0 Å². The summed E-state index contributed by atoms with van der Waals surface area (Å²) in [7, 11) is 0. The van der Waals surface area contributed by atoms with Crippen molar-refractivity contribution in [2.45, 2.75) is 32.0 Å². The number of aromatic nitrogens is 5. The highest BCUT2D eigenvalue weighted by Crippen LogP contribution is 2.23. The van der Waals surface area contributed by atoms with Crippen LogP contribution < -0.4 is 0 Å². The van der Waals surface area contributed by atoms with Gasteiger partial charge in [-0.2, -0.15) is 21.4 Å². The number of rotatable bonds is 5. The van der Waals surface area contributed by atoms with Crippen LogP contribution in [0.5, 0.6) is 0 Å². The summed E-state index contributed by atoms with van der Waals surface area (Å²) in [5.41, 5.74) is 1.01. The number of likely N-dealkylation sites (tertiary alicyclic amines) is 1. The van der Waals surface area contributed by atoms with E-state index in [1.165, 1.54) is 6.42 Å². The first-order valence-electron chi connectivity index (χ1n) is 7.30. The van der Waals surface area contributed by atoms with Crippen LogP contribution in [0.3, 0.4) is 0 Å². The van der Waals surface area contributed by atoms with Crippen LogP contribution in [0.25, 0.3) is 11.4 Å². The third-order valence-corrected chi connectivity index (χ3v) is 4.63. The fourth-order valence-electron chi connectivity index (χ4n) is 2.85. The third-order valence-electron chi connectivity index (χ3n) is 3.95. The van der Waals surface area contributed by atoms with Gasteiger partial charge in [-0.3, -0.25) is 9.58 Å². The van der Waals surface area contributed by atoms with Gasteiger partial charge in [-0.15, -0.1) is 0 Å². The zero-order valence-corrected chi connectivity index (χ0v) is 12.8. The molecule has 7 nitrogen and oxygen atoms in total. The monoisotopic (exact) mass is 316 g/mol. The van der Waals surface area contributed by atoms with Crippen LogP contribution >= 0.6 is 11.3 Å². The van der Waals surface area contributed by atoms with Crippen LogP contribution in [-0.4, -0.2) is 42.4 Å². The molecule has 3 aromatic heterocycles. The summed E-state index contributed by atoms with van der Waals surface area (Å²) in [4.78, 5) is 10.9. The van der Waals surface area contributed by atoms with Crippen molar-refractivity contribution >= 4 is 11.3 Å². The van der Waals surface area contributed by atoms with Gasteiger partial charge in [0.25, 0.3) is 0 Å². The molecule has 0 N–H and O–H groups in total. The minimum absolute atomic E-state index is 0.443. The van der Waals surface area contributed by atoms with Gasteiger partial charge >= 0.3 is 0 Å². The largest absolute Gasteiger partial charge is 0.338 e. The fourth-order valence-corrected chi connectivity index (χ4v) is 3.49. The molecule has 0 saturated carbocycles. The van der Waals surface area contributed by atoms with Crippen molar-refractivity contribution in [3.63, 3.8) is 0 Å². The average Bonchev–Trinajstić information content (AvgIpc) is 3.28. The van der Waals surface area contributed by atoms with E-state index in [1.807, 2.05) is 21.5 Å². The quantitative estimate of drug-likeness (QED) is 0.717. The Morgan fingerprint density at radius 2 is 2.41 bits per heavy atom. The molecular formula is C14H16N6OS. The molecular weight excluding hydrogens is 300 g/mol. The molecule has 0 aromatic carbocycles. The molecule has 0 spiro atoms. The Balaban J connectivity index is 1.44. The Morgan fingerprint density at radius 3 is 3.23 bits per heavy atom. The molecule has 0 bridgehead atoms. The van der Waals surface area contributed by atoms with Crippen LogP contribution in [0, 0.1) is 0 Å². The SMILES string of the molecule is c1ncn(CC2CCCN2Cc2nc(-c3ccsc3)no2)n1. The second-order valence-electron chi connectivity index (χ2n) is 5.41. The molecule has 4 heterocycles. The first-order valence-corrected chi connectivity index (χ1v) is 8.24. The van der Waals surface area contributed by atoms with E-state index in [4.69, 9.17) is 4.52 Å². The van der Waals surface area contributed by atoms with Crippen molar-refractivity contribution in [1.29, 1.82) is 0 Å². The lowest BCUT2D eigenvalue weighted by Crippen LogP contribution is -2.32. The van der Waals surface area contributed by atoms with Gasteiger partial charge in [0, 0.05) is 17.0 Å². The maximum atomic E-state index is 5.40. The number of thiophene rings is 1. The Kier molecular flexibility index (Phi) is 3.69. The second kappa shape index (κ2) is 5.98. The molecule has 1 unspecified atom stereocenters. The van der Waals surface area contributed by atoms with E-state index in [2.05, 4.69) is 25.1 Å². The molecule has 1 saturated heterocycles. The smallest absolute Gasteiger partial charge is 0.241 e. The van der Waals surface area contributed by atoms with Gasteiger partial charge in [-0.25, -0.2) is 4.98 Å². The lowest BCUT2D eigenvalue weighted by Gasteiger charge is -2.22. The number of hydrogen-bond acceptors (Lipinski definition) is 7. The molecule has 0 radical (unpaired) electrons. The summed E-state index contributed by atoms with van der Waals surface area (Å²) in [6, 6.07) is 2.45. The van der Waals surface area contributed by atoms with Gasteiger partial charge in [0.2, 0.25) is 11.7 Å². The maximum absolute atomic E-state index is 5.40. The van der Waals surface area contributed by atoms with Gasteiger partial charge in [0.15, 0.2) is 0 Å². The van der Waals surface area contributed by atoms with E-state index >= 15 is 0 Å². The van der Waals surface area contributed by atoms with Gasteiger partial charge < -0.3 is 4.52 Å². The molecule has 8 heteroatoms. The standard InChI is InChI=1S/C14H16N6OS/c1-2-12(6-20-10-15-9-16-20)19(4-1)7-13-17-14(18-21-13)11-3-5-22-8-11/h3,5,8-10,12H,1-2,4,6-7H2. The Labute approximate surface area is 131 Å². The third kappa shape index (κ3) is 2.79. The highest BCUT2D eigenvalue weighted by Gasteiger charge is 2.26. The van der Waals surface area contributed by atoms with Gasteiger partial charge in [0.1, 0.15) is 12.7 Å². The van der Waals surface area contributed by atoms with Crippen molar-refractivity contribution in [2.75, 3.05) is 6.54 Å². The van der Waals surface area contributed by atoms with Crippen LogP contribution in [0.4, 0.5) is 0 Å². The summed E-state index contributed by atoms with van der Waals surface area (Å²) < 4.78 is 7.28. The Morgan fingerprint density at radius 1 is 1.41 bits per heavy atom. The molecule has 1 aliphatic heterocycles. The first-order chi connectivity index (χ1) is 10.9. The summed E-state index contributed by atoms with van der Waals surface area (Å²) in [5, 5.41) is 12.3. The average molecular weight is 316 g/mol. The van der Waals surface area contributed by atoms with Crippen molar-refractivity contribution in [3.05, 3.63) is 35.4 Å². The first kappa shape index (κ1) is 13.6. The lowest BCUT2D eigenvalue weighted by atomic mass is 10.2. The molecule has 4 rings (SSSR count). The fraction of sp³-hybridized carbons (Fsp3) is 0.429. The zero-order chi connectivity index (χ0) is 14.8. The topological polar surface area (TPSA) is 72.9 Å². The highest BCUT2D eigenvalue weighted by molar-refractivity contribution is 7.08. The van der Waals surface area contributed by atoms with Crippen LogP contribution in [0.2, 0.25) is 0 Å². The molecule has 1 fully saturated rings. The van der Waals surface area contributed by atoms with E-state index in [0.29, 0.717) is 24.3 Å². The van der Waals surface area contributed by atoms with Crippen LogP contribution in [0.1, 0.15) is 18.7 Å². The minimum Gasteiger partial charge on any atom is -0.338 e. The molecule has 0 amide bonds. The molecule has 1 atom stereocenters. The van der Waals surface area contributed by atoms with Crippen molar-refractivity contribution < 1.29 is 4.52 Å². The van der Waals surface area contributed by atoms with Crippen LogP contribution in [0.15, 0.2) is 34.0 Å². The molecule has 3 aromatic rings. The highest BCUT2D eigenvalue weighted by atomic mass is 32.1. The number of hydrogen-bond donors (Lipinski definition) is 0. The Hall–Kier alpha value is -2.06. The van der Waals surface area contributed by atoms with E-state index in [1.54, 1.807) is 24.0 Å². The van der Waals surface area contributed by atoms with Crippen molar-refractivity contribution in [3.8, 4) is 11.4 Å². The van der Waals surface area contributed by atoms with E-state index < -0.39 is 0 Å². The van der Waals surface area contributed by atoms with Crippen molar-refractivity contribution in [1.82, 2.24) is 29.8 Å². The normalized spacial score (nSPS) is 19.0. The predicted molar refractivity (Wildman–Crippen MR) is 81.1 cm³/mol. The van der Waals surface area contributed by atoms with Gasteiger partial charge in [-0.05, 0) is 30.8 Å². The summed E-state index contributed by atoms with van der Waals surface area (Å²) >= 11 is 1.63. The molecule has 0 aliphatic carbocycles. The maximum Gasteiger partial charge on any atom is 0.241 e. The van der Waals surface area contributed by atoms with E-state index in [9.17, 15) is 0 Å². The molecule has 114 valence electrons.